The van der Waals surface area contributed by atoms with Gasteiger partial charge in [0.15, 0.2) is 0 Å². The molecule has 116 valence electrons. The van der Waals surface area contributed by atoms with E-state index in [2.05, 4.69) is 36.5 Å². The zero-order valence-electron chi connectivity index (χ0n) is 12.8. The van der Waals surface area contributed by atoms with Gasteiger partial charge in [0.25, 0.3) is 0 Å². The van der Waals surface area contributed by atoms with Gasteiger partial charge in [-0.1, -0.05) is 36.5 Å². The molecule has 0 aromatic rings. The van der Waals surface area contributed by atoms with E-state index in [0.717, 1.165) is 36.3 Å². The molecular formula is C14H24O4Si3. The van der Waals surface area contributed by atoms with E-state index in [0.29, 0.717) is 0 Å². The Balaban J connectivity index is 1.76. The van der Waals surface area contributed by atoms with Crippen molar-refractivity contribution in [2.75, 3.05) is 14.2 Å². The van der Waals surface area contributed by atoms with Gasteiger partial charge in [-0.3, -0.25) is 0 Å². The van der Waals surface area contributed by atoms with Gasteiger partial charge in [-0.2, -0.15) is 0 Å². The summed E-state index contributed by atoms with van der Waals surface area (Å²) in [5, 5.41) is 0. The van der Waals surface area contributed by atoms with Crippen LogP contribution in [0.4, 0.5) is 0 Å². The number of allylic oxidation sites excluding steroid dienone is 6. The van der Waals surface area contributed by atoms with E-state index < -0.39 is 25.7 Å². The lowest BCUT2D eigenvalue weighted by Gasteiger charge is -2.40. The van der Waals surface area contributed by atoms with Crippen LogP contribution in [0.2, 0.25) is 36.3 Å². The highest BCUT2D eigenvalue weighted by Crippen LogP contribution is 2.39. The van der Waals surface area contributed by atoms with Crippen molar-refractivity contribution >= 4 is 25.7 Å². The Kier molecular flexibility index (Phi) is 4.51. The molecule has 0 aromatic carbocycles. The molecule has 0 N–H and O–H groups in total. The van der Waals surface area contributed by atoms with Gasteiger partial charge >= 0.3 is 25.7 Å². The summed E-state index contributed by atoms with van der Waals surface area (Å²) in [5.74, 6) is 0. The lowest BCUT2D eigenvalue weighted by molar-refractivity contribution is 0.237. The van der Waals surface area contributed by atoms with Gasteiger partial charge in [0.05, 0.1) is 0 Å². The lowest BCUT2D eigenvalue weighted by atomic mass is 10.6. The van der Waals surface area contributed by atoms with Crippen LogP contribution in [0.5, 0.6) is 0 Å². The van der Waals surface area contributed by atoms with Gasteiger partial charge < -0.3 is 17.1 Å². The summed E-state index contributed by atoms with van der Waals surface area (Å²) in [6.45, 7) is 0. The molecule has 3 aliphatic rings. The molecule has 3 aliphatic heterocycles. The summed E-state index contributed by atoms with van der Waals surface area (Å²) in [6, 6.07) is 5.65. The Morgan fingerprint density at radius 3 is 1.10 bits per heavy atom. The van der Waals surface area contributed by atoms with E-state index in [4.69, 9.17) is 17.1 Å². The van der Waals surface area contributed by atoms with Gasteiger partial charge in [0, 0.05) is 50.5 Å². The van der Waals surface area contributed by atoms with Crippen LogP contribution in [0.1, 0.15) is 0 Å². The van der Waals surface area contributed by atoms with Gasteiger partial charge in [-0.05, 0) is 0 Å². The van der Waals surface area contributed by atoms with E-state index in [1.54, 1.807) is 14.2 Å². The molecule has 0 atom stereocenters. The van der Waals surface area contributed by atoms with Crippen molar-refractivity contribution in [2.45, 2.75) is 36.3 Å². The van der Waals surface area contributed by atoms with E-state index in [-0.39, 0.29) is 0 Å². The normalized spacial score (nSPS) is 27.7. The molecule has 4 nitrogen and oxygen atoms in total. The Morgan fingerprint density at radius 1 is 0.524 bits per heavy atom. The average Bonchev–Trinajstić information content (AvgIpc) is 3.22. The molecule has 0 aromatic heterocycles. The first kappa shape index (κ1) is 15.6. The fourth-order valence-electron chi connectivity index (χ4n) is 3.28. The number of hydrogen-bond acceptors (Lipinski definition) is 4. The summed E-state index contributed by atoms with van der Waals surface area (Å²) < 4.78 is 25.2. The molecule has 0 amide bonds. The molecule has 0 radical (unpaired) electrons. The van der Waals surface area contributed by atoms with Crippen LogP contribution in [0.25, 0.3) is 0 Å². The predicted molar refractivity (Wildman–Crippen MR) is 89.7 cm³/mol. The van der Waals surface area contributed by atoms with Gasteiger partial charge in [-0.15, -0.1) is 0 Å². The van der Waals surface area contributed by atoms with Crippen molar-refractivity contribution in [3.63, 3.8) is 0 Å². The summed E-state index contributed by atoms with van der Waals surface area (Å²) in [7, 11) is -2.93. The van der Waals surface area contributed by atoms with Crippen molar-refractivity contribution in [1.82, 2.24) is 0 Å². The van der Waals surface area contributed by atoms with E-state index in [1.807, 2.05) is 0 Å². The first-order valence-corrected chi connectivity index (χ1v) is 14.3. The fourth-order valence-corrected chi connectivity index (χ4v) is 16.9. The maximum absolute atomic E-state index is 6.72. The van der Waals surface area contributed by atoms with Crippen molar-refractivity contribution < 1.29 is 17.1 Å². The maximum Gasteiger partial charge on any atom is 0.336 e. The third-order valence-electron chi connectivity index (χ3n) is 4.56. The van der Waals surface area contributed by atoms with Crippen LogP contribution in [-0.2, 0) is 17.1 Å². The molecular weight excluding hydrogens is 316 g/mol. The molecule has 7 heteroatoms. The maximum atomic E-state index is 6.72. The zero-order valence-corrected chi connectivity index (χ0v) is 15.8. The van der Waals surface area contributed by atoms with E-state index in [9.17, 15) is 0 Å². The molecule has 0 saturated carbocycles. The van der Waals surface area contributed by atoms with E-state index in [1.165, 1.54) is 0 Å². The van der Waals surface area contributed by atoms with Crippen LogP contribution >= 0.6 is 0 Å². The molecule has 0 aliphatic carbocycles. The largest absolute Gasteiger partial charge is 0.414 e. The second-order valence-corrected chi connectivity index (χ2v) is 16.3. The van der Waals surface area contributed by atoms with Crippen LogP contribution in [0.3, 0.4) is 0 Å². The molecule has 3 heterocycles. The Labute approximate surface area is 130 Å². The van der Waals surface area contributed by atoms with Gasteiger partial charge in [-0.25, -0.2) is 0 Å². The first-order valence-electron chi connectivity index (χ1n) is 7.61. The zero-order chi connectivity index (χ0) is 14.8. The molecule has 0 saturated heterocycles. The minimum Gasteiger partial charge on any atom is -0.414 e. The summed E-state index contributed by atoms with van der Waals surface area (Å²) in [4.78, 5) is 0. The van der Waals surface area contributed by atoms with Crippen LogP contribution < -0.4 is 0 Å². The molecule has 0 spiro atoms. The van der Waals surface area contributed by atoms with Crippen LogP contribution in [0, 0.1) is 0 Å². The second kappa shape index (κ2) is 6.07. The van der Waals surface area contributed by atoms with Crippen LogP contribution in [-0.4, -0.2) is 39.9 Å². The lowest BCUT2D eigenvalue weighted by Crippen LogP contribution is -2.58. The molecule has 0 bridgehead atoms. The number of hydrogen-bond donors (Lipinski definition) is 0. The Bertz CT molecular complexity index is 417. The van der Waals surface area contributed by atoms with Gasteiger partial charge in [0.2, 0.25) is 0 Å². The topological polar surface area (TPSA) is 36.9 Å². The van der Waals surface area contributed by atoms with Crippen molar-refractivity contribution in [3.05, 3.63) is 36.5 Å². The molecule has 21 heavy (non-hydrogen) atoms. The minimum atomic E-state index is -2.27. The fraction of sp³-hybridized carbons (Fsp3) is 0.571. The standard InChI is InChI=1S/C14H24O4Si3/c1-15-19(9-3-4-10-19)17-21(13-7-8-14-21)18-20(16-2)11-5-6-12-20/h3-8H,9-14H2,1-2H3. The Morgan fingerprint density at radius 2 is 0.810 bits per heavy atom. The highest BCUT2D eigenvalue weighted by molar-refractivity contribution is 6.88. The van der Waals surface area contributed by atoms with Crippen molar-refractivity contribution in [3.8, 4) is 0 Å². The molecule has 0 unspecified atom stereocenters. The monoisotopic (exact) mass is 340 g/mol. The highest BCUT2D eigenvalue weighted by Gasteiger charge is 2.54. The van der Waals surface area contributed by atoms with E-state index >= 15 is 0 Å². The average molecular weight is 341 g/mol. The van der Waals surface area contributed by atoms with Crippen molar-refractivity contribution in [2.24, 2.45) is 0 Å². The number of rotatable bonds is 6. The first-order chi connectivity index (χ1) is 10.2. The third kappa shape index (κ3) is 3.09. The quantitative estimate of drug-likeness (QED) is 0.549. The third-order valence-corrected chi connectivity index (χ3v) is 17.1. The molecule has 3 rings (SSSR count). The highest BCUT2D eigenvalue weighted by atomic mass is 28.5. The molecule has 0 fully saturated rings. The van der Waals surface area contributed by atoms with Crippen molar-refractivity contribution in [1.29, 1.82) is 0 Å². The van der Waals surface area contributed by atoms with Gasteiger partial charge in [0.1, 0.15) is 0 Å². The smallest absolute Gasteiger partial charge is 0.336 e. The van der Waals surface area contributed by atoms with Crippen LogP contribution in [0.15, 0.2) is 36.5 Å². The predicted octanol–water partition coefficient (Wildman–Crippen LogP) is 3.35. The second-order valence-electron chi connectivity index (χ2n) is 5.98. The minimum absolute atomic E-state index is 0.934. The Hall–Kier alpha value is -0.289. The summed E-state index contributed by atoms with van der Waals surface area (Å²) in [6.07, 6.45) is 13.2. The SMILES string of the molecule is CO[Si]1(O[Si]2(O[Si]3(OC)CC=CC3)CC=CC2)CC=CC1. The summed E-state index contributed by atoms with van der Waals surface area (Å²) in [5.41, 5.74) is 0. The summed E-state index contributed by atoms with van der Waals surface area (Å²) >= 11 is 0.